The molecule has 0 saturated heterocycles. The Bertz CT molecular complexity index is 1180. The number of thioether (sulfide) groups is 1. The summed E-state index contributed by atoms with van der Waals surface area (Å²) in [6.07, 6.45) is 3.49. The van der Waals surface area contributed by atoms with Crippen LogP contribution in [0, 0.1) is 6.92 Å². The maximum atomic E-state index is 12.9. The summed E-state index contributed by atoms with van der Waals surface area (Å²) >= 11 is 1.37. The summed E-state index contributed by atoms with van der Waals surface area (Å²) in [6.45, 7) is 2.56. The molecule has 2 aromatic heterocycles. The number of rotatable bonds is 8. The molecule has 0 unspecified atom stereocenters. The summed E-state index contributed by atoms with van der Waals surface area (Å²) in [5.41, 5.74) is 3.60. The van der Waals surface area contributed by atoms with Gasteiger partial charge in [0.15, 0.2) is 16.8 Å². The highest BCUT2D eigenvalue weighted by Crippen LogP contribution is 2.27. The molecule has 0 amide bonds. The van der Waals surface area contributed by atoms with E-state index in [-0.39, 0.29) is 11.5 Å². The summed E-state index contributed by atoms with van der Waals surface area (Å²) in [7, 11) is 1.57. The van der Waals surface area contributed by atoms with E-state index < -0.39 is 0 Å². The van der Waals surface area contributed by atoms with Gasteiger partial charge in [0, 0.05) is 18.0 Å². The van der Waals surface area contributed by atoms with Crippen LogP contribution in [-0.2, 0) is 6.54 Å². The van der Waals surface area contributed by atoms with E-state index in [9.17, 15) is 4.79 Å². The van der Waals surface area contributed by atoms with Crippen LogP contribution in [0.4, 0.5) is 0 Å². The van der Waals surface area contributed by atoms with E-state index in [2.05, 4.69) is 27.3 Å². The van der Waals surface area contributed by atoms with Gasteiger partial charge in [-0.25, -0.2) is 0 Å². The predicted molar refractivity (Wildman–Crippen MR) is 122 cm³/mol. The van der Waals surface area contributed by atoms with E-state index in [1.54, 1.807) is 19.5 Å². The lowest BCUT2D eigenvalue weighted by atomic mass is 10.1. The highest BCUT2D eigenvalue weighted by Gasteiger charge is 2.18. The first-order valence-electron chi connectivity index (χ1n) is 9.84. The molecule has 0 aliphatic heterocycles. The van der Waals surface area contributed by atoms with Crippen molar-refractivity contribution in [2.45, 2.75) is 18.6 Å². The molecule has 6 nitrogen and oxygen atoms in total. The summed E-state index contributed by atoms with van der Waals surface area (Å²) in [6, 6.07) is 19.6. The van der Waals surface area contributed by atoms with Crippen molar-refractivity contribution in [2.75, 3.05) is 12.9 Å². The Balaban J connectivity index is 1.62. The normalized spacial score (nSPS) is 10.8. The molecule has 7 heteroatoms. The van der Waals surface area contributed by atoms with Crippen LogP contribution in [0.3, 0.4) is 0 Å². The first-order valence-corrected chi connectivity index (χ1v) is 10.8. The molecule has 0 fully saturated rings. The first kappa shape index (κ1) is 20.8. The third-order valence-corrected chi connectivity index (χ3v) is 5.77. The number of pyridine rings is 1. The molecule has 0 aliphatic carbocycles. The van der Waals surface area contributed by atoms with E-state index in [1.807, 2.05) is 60.0 Å². The van der Waals surface area contributed by atoms with E-state index in [0.717, 1.165) is 22.5 Å². The van der Waals surface area contributed by atoms with Gasteiger partial charge < -0.3 is 4.74 Å². The molecule has 31 heavy (non-hydrogen) atoms. The van der Waals surface area contributed by atoms with Crippen LogP contribution >= 0.6 is 11.8 Å². The Morgan fingerprint density at radius 2 is 1.90 bits per heavy atom. The van der Waals surface area contributed by atoms with E-state index in [0.29, 0.717) is 23.0 Å². The summed E-state index contributed by atoms with van der Waals surface area (Å²) in [5.74, 6) is 1.53. The molecule has 4 rings (SSSR count). The van der Waals surface area contributed by atoms with Crippen LogP contribution in [0.1, 0.15) is 21.5 Å². The molecule has 0 N–H and O–H groups in total. The Morgan fingerprint density at radius 3 is 2.65 bits per heavy atom. The van der Waals surface area contributed by atoms with Gasteiger partial charge in [0.2, 0.25) is 0 Å². The van der Waals surface area contributed by atoms with Gasteiger partial charge in [0.25, 0.3) is 0 Å². The number of ether oxygens (including phenoxy) is 1. The average molecular weight is 431 g/mol. The third-order valence-electron chi connectivity index (χ3n) is 4.81. The highest BCUT2D eigenvalue weighted by molar-refractivity contribution is 7.99. The predicted octanol–water partition coefficient (Wildman–Crippen LogP) is 4.68. The molecule has 156 valence electrons. The summed E-state index contributed by atoms with van der Waals surface area (Å²) < 4.78 is 7.39. The molecule has 0 atom stereocenters. The van der Waals surface area contributed by atoms with E-state index in [1.165, 1.54) is 11.8 Å². The number of benzene rings is 2. The van der Waals surface area contributed by atoms with Crippen molar-refractivity contribution in [1.29, 1.82) is 0 Å². The minimum Gasteiger partial charge on any atom is -0.496 e. The minimum absolute atomic E-state index is 0.0114. The number of aromatic nitrogens is 4. The van der Waals surface area contributed by atoms with Crippen molar-refractivity contribution in [3.05, 3.63) is 89.7 Å². The largest absolute Gasteiger partial charge is 0.496 e. The van der Waals surface area contributed by atoms with Crippen molar-refractivity contribution < 1.29 is 9.53 Å². The Morgan fingerprint density at radius 1 is 1.06 bits per heavy atom. The molecule has 2 aromatic carbocycles. The Kier molecular flexibility index (Phi) is 6.43. The number of hydrogen-bond donors (Lipinski definition) is 0. The monoisotopic (exact) mass is 430 g/mol. The molecule has 0 radical (unpaired) electrons. The van der Waals surface area contributed by atoms with Crippen LogP contribution in [0.2, 0.25) is 0 Å². The van der Waals surface area contributed by atoms with Crippen molar-refractivity contribution in [1.82, 2.24) is 19.7 Å². The second-order valence-corrected chi connectivity index (χ2v) is 7.98. The Labute approximate surface area is 185 Å². The van der Waals surface area contributed by atoms with Gasteiger partial charge in [-0.15, -0.1) is 10.2 Å². The number of Topliss-reactive ketones (excluding diaryl/α,β-unsaturated/α-hetero) is 1. The van der Waals surface area contributed by atoms with Crippen LogP contribution < -0.4 is 4.74 Å². The van der Waals surface area contributed by atoms with Gasteiger partial charge in [-0.1, -0.05) is 53.7 Å². The second kappa shape index (κ2) is 9.57. The summed E-state index contributed by atoms with van der Waals surface area (Å²) in [4.78, 5) is 17.1. The maximum absolute atomic E-state index is 12.9. The topological polar surface area (TPSA) is 69.9 Å². The van der Waals surface area contributed by atoms with Gasteiger partial charge in [0.05, 0.1) is 25.0 Å². The maximum Gasteiger partial charge on any atom is 0.192 e. The number of ketones is 1. The van der Waals surface area contributed by atoms with Gasteiger partial charge in [-0.2, -0.15) is 0 Å². The molecule has 0 bridgehead atoms. The molecule has 0 spiro atoms. The first-order chi connectivity index (χ1) is 15.2. The fourth-order valence-corrected chi connectivity index (χ4v) is 4.08. The van der Waals surface area contributed by atoms with E-state index >= 15 is 0 Å². The minimum atomic E-state index is -0.0114. The molecular weight excluding hydrogens is 408 g/mol. The van der Waals surface area contributed by atoms with Gasteiger partial charge in [0.1, 0.15) is 5.75 Å². The standard InChI is InChI=1S/C24H22N4O2S/c1-17-10-11-22(30-2)20(13-17)21(29)16-31-24-27-26-23(19-9-6-12-25-14-19)28(24)15-18-7-4-3-5-8-18/h3-14H,15-16H2,1-2H3. The van der Waals surface area contributed by atoms with Crippen molar-refractivity contribution >= 4 is 17.5 Å². The van der Waals surface area contributed by atoms with Crippen molar-refractivity contribution in [3.63, 3.8) is 0 Å². The second-order valence-electron chi connectivity index (χ2n) is 7.04. The SMILES string of the molecule is COc1ccc(C)cc1C(=O)CSc1nnc(-c2cccnc2)n1Cc1ccccc1. The van der Waals surface area contributed by atoms with Crippen LogP contribution in [0.25, 0.3) is 11.4 Å². The zero-order valence-corrected chi connectivity index (χ0v) is 18.2. The number of methoxy groups -OCH3 is 1. The quantitative estimate of drug-likeness (QED) is 0.299. The van der Waals surface area contributed by atoms with Crippen LogP contribution in [0.5, 0.6) is 5.75 Å². The number of aryl methyl sites for hydroxylation is 1. The van der Waals surface area contributed by atoms with Crippen molar-refractivity contribution in [2.24, 2.45) is 0 Å². The van der Waals surface area contributed by atoms with Gasteiger partial charge in [-0.05, 0) is 36.8 Å². The molecule has 0 saturated carbocycles. The number of carbonyl (C=O) groups excluding carboxylic acids is 1. The van der Waals surface area contributed by atoms with Crippen molar-refractivity contribution in [3.8, 4) is 17.1 Å². The van der Waals surface area contributed by atoms with Crippen LogP contribution in [0.15, 0.2) is 78.2 Å². The number of nitrogens with zero attached hydrogens (tertiary/aromatic N) is 4. The fraction of sp³-hybridized carbons (Fsp3) is 0.167. The molecule has 0 aliphatic rings. The average Bonchev–Trinajstić information content (AvgIpc) is 3.21. The number of hydrogen-bond acceptors (Lipinski definition) is 6. The zero-order chi connectivity index (χ0) is 21.6. The highest BCUT2D eigenvalue weighted by atomic mass is 32.2. The number of carbonyl (C=O) groups is 1. The third kappa shape index (κ3) is 4.83. The molecule has 2 heterocycles. The smallest absolute Gasteiger partial charge is 0.192 e. The Hall–Kier alpha value is -3.45. The molecular formula is C24H22N4O2S. The van der Waals surface area contributed by atoms with Gasteiger partial charge in [-0.3, -0.25) is 14.3 Å². The lowest BCUT2D eigenvalue weighted by molar-refractivity contribution is 0.101. The van der Waals surface area contributed by atoms with Gasteiger partial charge >= 0.3 is 0 Å². The summed E-state index contributed by atoms with van der Waals surface area (Å²) in [5, 5.41) is 9.46. The zero-order valence-electron chi connectivity index (χ0n) is 17.4. The van der Waals surface area contributed by atoms with Crippen LogP contribution in [-0.4, -0.2) is 38.4 Å². The van der Waals surface area contributed by atoms with E-state index in [4.69, 9.17) is 4.74 Å². The fourth-order valence-electron chi connectivity index (χ4n) is 3.26. The molecule has 4 aromatic rings. The lowest BCUT2D eigenvalue weighted by Gasteiger charge is -2.11. The lowest BCUT2D eigenvalue weighted by Crippen LogP contribution is -2.08.